The van der Waals surface area contributed by atoms with E-state index in [0.717, 1.165) is 23.2 Å². The van der Waals surface area contributed by atoms with Gasteiger partial charge in [0.25, 0.3) is 5.91 Å². The molecule has 0 saturated heterocycles. The molecule has 2 aromatic heterocycles. The summed E-state index contributed by atoms with van der Waals surface area (Å²) in [5, 5.41) is 11.6. The van der Waals surface area contributed by atoms with Gasteiger partial charge in [0.15, 0.2) is 0 Å². The molecule has 0 unspecified atom stereocenters. The van der Waals surface area contributed by atoms with Crippen LogP contribution in [0.15, 0.2) is 85.5 Å². The summed E-state index contributed by atoms with van der Waals surface area (Å²) in [6, 6.07) is 20.0. The van der Waals surface area contributed by atoms with E-state index in [2.05, 4.69) is 15.5 Å². The second kappa shape index (κ2) is 8.35. The van der Waals surface area contributed by atoms with Crippen LogP contribution < -0.4 is 5.32 Å². The topological polar surface area (TPSA) is 64.7 Å². The molecular formula is C22H21N5O. The lowest BCUT2D eigenvalue weighted by molar-refractivity contribution is 0.0954. The molecule has 0 aliphatic rings. The van der Waals surface area contributed by atoms with Gasteiger partial charge in [-0.25, -0.2) is 4.68 Å². The predicted molar refractivity (Wildman–Crippen MR) is 107 cm³/mol. The minimum absolute atomic E-state index is 0.116. The zero-order valence-corrected chi connectivity index (χ0v) is 15.4. The quantitative estimate of drug-likeness (QED) is 0.543. The lowest BCUT2D eigenvalue weighted by Crippen LogP contribution is -2.25. The number of nitrogens with zero attached hydrogens (tertiary/aromatic N) is 4. The second-order valence-corrected chi connectivity index (χ2v) is 6.55. The molecule has 0 bridgehead atoms. The standard InChI is InChI=1S/C22H21N5O/c28-22(20-14-24-26(17-20)15-18-7-3-1-4-8-18)23-12-11-19-13-25-27(16-19)21-9-5-2-6-10-21/h1-10,13-14,16-17H,11-12,15H2,(H,23,28). The molecule has 2 aromatic carbocycles. The first-order valence-electron chi connectivity index (χ1n) is 9.21. The smallest absolute Gasteiger partial charge is 0.254 e. The summed E-state index contributed by atoms with van der Waals surface area (Å²) in [6.07, 6.45) is 7.91. The van der Waals surface area contributed by atoms with Crippen molar-refractivity contribution in [2.75, 3.05) is 6.54 Å². The number of nitrogens with one attached hydrogen (secondary N) is 1. The first-order valence-corrected chi connectivity index (χ1v) is 9.21. The average Bonchev–Trinajstić information content (AvgIpc) is 3.39. The molecule has 1 amide bonds. The van der Waals surface area contributed by atoms with Crippen LogP contribution in [0.4, 0.5) is 0 Å². The molecule has 0 fully saturated rings. The molecule has 0 aliphatic carbocycles. The van der Waals surface area contributed by atoms with Gasteiger partial charge >= 0.3 is 0 Å². The molecule has 140 valence electrons. The van der Waals surface area contributed by atoms with Crippen LogP contribution in [0, 0.1) is 0 Å². The highest BCUT2D eigenvalue weighted by Crippen LogP contribution is 2.08. The normalized spacial score (nSPS) is 10.7. The Morgan fingerprint density at radius 3 is 2.39 bits per heavy atom. The van der Waals surface area contributed by atoms with Crippen molar-refractivity contribution in [2.45, 2.75) is 13.0 Å². The van der Waals surface area contributed by atoms with Crippen molar-refractivity contribution in [3.8, 4) is 5.69 Å². The fourth-order valence-electron chi connectivity index (χ4n) is 2.97. The fraction of sp³-hybridized carbons (Fsp3) is 0.136. The van der Waals surface area contributed by atoms with Crippen LogP contribution in [0.1, 0.15) is 21.5 Å². The number of hydrogen-bond donors (Lipinski definition) is 1. The van der Waals surface area contributed by atoms with Gasteiger partial charge in [-0.1, -0.05) is 48.5 Å². The Labute approximate surface area is 163 Å². The van der Waals surface area contributed by atoms with Gasteiger partial charge in [-0.05, 0) is 29.7 Å². The molecule has 4 rings (SSSR count). The van der Waals surface area contributed by atoms with Gasteiger partial charge in [-0.15, -0.1) is 0 Å². The van der Waals surface area contributed by atoms with Crippen LogP contribution in [0.3, 0.4) is 0 Å². The SMILES string of the molecule is O=C(NCCc1cnn(-c2ccccc2)c1)c1cnn(Cc2ccccc2)c1. The van der Waals surface area contributed by atoms with E-state index >= 15 is 0 Å². The number of rotatable bonds is 7. The summed E-state index contributed by atoms with van der Waals surface area (Å²) in [4.78, 5) is 12.3. The van der Waals surface area contributed by atoms with Gasteiger partial charge < -0.3 is 5.32 Å². The van der Waals surface area contributed by atoms with E-state index in [1.165, 1.54) is 0 Å². The molecule has 0 radical (unpaired) electrons. The largest absolute Gasteiger partial charge is 0.352 e. The van der Waals surface area contributed by atoms with Crippen molar-refractivity contribution in [3.05, 3.63) is 102 Å². The number of carbonyl (C=O) groups excluding carboxylic acids is 1. The third kappa shape index (κ3) is 4.35. The minimum Gasteiger partial charge on any atom is -0.352 e. The first-order chi connectivity index (χ1) is 13.8. The average molecular weight is 371 g/mol. The van der Waals surface area contributed by atoms with Gasteiger partial charge in [-0.2, -0.15) is 10.2 Å². The third-order valence-electron chi connectivity index (χ3n) is 4.44. The summed E-state index contributed by atoms with van der Waals surface area (Å²) in [6.45, 7) is 1.19. The number of hydrogen-bond acceptors (Lipinski definition) is 3. The molecule has 6 nitrogen and oxygen atoms in total. The van der Waals surface area contributed by atoms with Crippen molar-refractivity contribution in [3.63, 3.8) is 0 Å². The van der Waals surface area contributed by atoms with Crippen molar-refractivity contribution < 1.29 is 4.79 Å². The summed E-state index contributed by atoms with van der Waals surface area (Å²) < 4.78 is 3.61. The molecule has 0 atom stereocenters. The summed E-state index contributed by atoms with van der Waals surface area (Å²) in [5.74, 6) is -0.116. The molecule has 6 heteroatoms. The maximum Gasteiger partial charge on any atom is 0.254 e. The highest BCUT2D eigenvalue weighted by Gasteiger charge is 2.09. The van der Waals surface area contributed by atoms with Gasteiger partial charge in [0.1, 0.15) is 0 Å². The highest BCUT2D eigenvalue weighted by atomic mass is 16.1. The summed E-state index contributed by atoms with van der Waals surface area (Å²) in [7, 11) is 0. The number of aromatic nitrogens is 4. The Hall–Kier alpha value is -3.67. The number of para-hydroxylation sites is 1. The zero-order valence-electron chi connectivity index (χ0n) is 15.4. The zero-order chi connectivity index (χ0) is 19.2. The summed E-state index contributed by atoms with van der Waals surface area (Å²) in [5.41, 5.74) is 3.80. The molecule has 0 aliphatic heterocycles. The Bertz CT molecular complexity index is 1040. The van der Waals surface area contributed by atoms with Crippen molar-refractivity contribution in [1.82, 2.24) is 24.9 Å². The Kier molecular flexibility index (Phi) is 5.29. The number of amides is 1. The van der Waals surface area contributed by atoms with Gasteiger partial charge in [-0.3, -0.25) is 9.48 Å². The minimum atomic E-state index is -0.116. The number of carbonyl (C=O) groups is 1. The predicted octanol–water partition coefficient (Wildman–Crippen LogP) is 3.09. The van der Waals surface area contributed by atoms with Gasteiger partial charge in [0.05, 0.1) is 30.2 Å². The Morgan fingerprint density at radius 2 is 1.61 bits per heavy atom. The van der Waals surface area contributed by atoms with Crippen LogP contribution in [-0.4, -0.2) is 32.0 Å². The molecule has 0 spiro atoms. The van der Waals surface area contributed by atoms with E-state index in [9.17, 15) is 4.79 Å². The molecule has 4 aromatic rings. The van der Waals surface area contributed by atoms with E-state index in [1.54, 1.807) is 17.1 Å². The van der Waals surface area contributed by atoms with E-state index in [1.807, 2.05) is 77.7 Å². The molecule has 2 heterocycles. The van der Waals surface area contributed by atoms with Crippen molar-refractivity contribution in [1.29, 1.82) is 0 Å². The highest BCUT2D eigenvalue weighted by molar-refractivity contribution is 5.93. The summed E-state index contributed by atoms with van der Waals surface area (Å²) >= 11 is 0. The molecule has 1 N–H and O–H groups in total. The van der Waals surface area contributed by atoms with Crippen LogP contribution in [-0.2, 0) is 13.0 Å². The second-order valence-electron chi connectivity index (χ2n) is 6.55. The maximum absolute atomic E-state index is 12.3. The van der Waals surface area contributed by atoms with Crippen molar-refractivity contribution >= 4 is 5.91 Å². The number of benzene rings is 2. The maximum atomic E-state index is 12.3. The van der Waals surface area contributed by atoms with Crippen LogP contribution in [0.25, 0.3) is 5.69 Å². The molecule has 28 heavy (non-hydrogen) atoms. The van der Waals surface area contributed by atoms with Crippen LogP contribution in [0.5, 0.6) is 0 Å². The van der Waals surface area contributed by atoms with E-state index in [0.29, 0.717) is 18.7 Å². The van der Waals surface area contributed by atoms with Crippen LogP contribution in [0.2, 0.25) is 0 Å². The van der Waals surface area contributed by atoms with Crippen molar-refractivity contribution in [2.24, 2.45) is 0 Å². The lowest BCUT2D eigenvalue weighted by atomic mass is 10.2. The van der Waals surface area contributed by atoms with Gasteiger partial charge in [0.2, 0.25) is 0 Å². The molecule has 0 saturated carbocycles. The third-order valence-corrected chi connectivity index (χ3v) is 4.44. The van der Waals surface area contributed by atoms with E-state index < -0.39 is 0 Å². The first kappa shape index (κ1) is 17.7. The van der Waals surface area contributed by atoms with Gasteiger partial charge in [0, 0.05) is 18.9 Å². The Morgan fingerprint density at radius 1 is 0.857 bits per heavy atom. The van der Waals surface area contributed by atoms with E-state index in [4.69, 9.17) is 0 Å². The lowest BCUT2D eigenvalue weighted by Gasteiger charge is -2.03. The monoisotopic (exact) mass is 371 g/mol. The fourth-order valence-corrected chi connectivity index (χ4v) is 2.97. The molecular weight excluding hydrogens is 350 g/mol. The van der Waals surface area contributed by atoms with Crippen LogP contribution >= 0.6 is 0 Å². The Balaban J connectivity index is 1.29. The van der Waals surface area contributed by atoms with E-state index in [-0.39, 0.29) is 5.91 Å².